The second-order valence-corrected chi connectivity index (χ2v) is 8.54. The topological polar surface area (TPSA) is 75.3 Å². The molecule has 0 saturated carbocycles. The molecule has 26 heavy (non-hydrogen) atoms. The van der Waals surface area contributed by atoms with Crippen LogP contribution >= 0.6 is 0 Å². The van der Waals surface area contributed by atoms with Crippen molar-refractivity contribution in [3.63, 3.8) is 0 Å². The zero-order valence-electron chi connectivity index (χ0n) is 14.5. The van der Waals surface area contributed by atoms with E-state index >= 15 is 0 Å². The summed E-state index contributed by atoms with van der Waals surface area (Å²) in [5, 5.41) is 5.80. The first-order chi connectivity index (χ1) is 12.4. The van der Waals surface area contributed by atoms with Crippen LogP contribution in [0.2, 0.25) is 0 Å². The Morgan fingerprint density at radius 1 is 1.19 bits per heavy atom. The summed E-state index contributed by atoms with van der Waals surface area (Å²) in [5.41, 5.74) is 2.41. The molecule has 2 N–H and O–H groups in total. The SMILES string of the molecule is CCS(=O)(=O)c1ccc(CC(=O)Nc2ccc3c(c2F)CCNC3)cc1. The first-order valence-electron chi connectivity index (χ1n) is 8.53. The summed E-state index contributed by atoms with van der Waals surface area (Å²) < 4.78 is 38.2. The molecule has 7 heteroatoms. The molecule has 0 unspecified atom stereocenters. The molecule has 0 aliphatic carbocycles. The first kappa shape index (κ1) is 18.5. The molecular formula is C19H21FN2O3S. The van der Waals surface area contributed by atoms with Crippen LogP contribution in [0.3, 0.4) is 0 Å². The van der Waals surface area contributed by atoms with Gasteiger partial charge in [0, 0.05) is 6.54 Å². The maximum Gasteiger partial charge on any atom is 0.228 e. The Hall–Kier alpha value is -2.25. The Morgan fingerprint density at radius 2 is 1.92 bits per heavy atom. The smallest absolute Gasteiger partial charge is 0.228 e. The van der Waals surface area contributed by atoms with E-state index in [0.29, 0.717) is 30.6 Å². The average Bonchev–Trinajstić information content (AvgIpc) is 2.65. The molecule has 0 bridgehead atoms. The Morgan fingerprint density at radius 3 is 2.62 bits per heavy atom. The molecule has 1 aliphatic rings. The fourth-order valence-electron chi connectivity index (χ4n) is 2.99. The monoisotopic (exact) mass is 376 g/mol. The van der Waals surface area contributed by atoms with E-state index in [1.54, 1.807) is 25.1 Å². The van der Waals surface area contributed by atoms with Crippen molar-refractivity contribution >= 4 is 21.4 Å². The molecule has 2 aromatic carbocycles. The molecule has 5 nitrogen and oxygen atoms in total. The Bertz CT molecular complexity index is 925. The highest BCUT2D eigenvalue weighted by atomic mass is 32.2. The number of nitrogens with one attached hydrogen (secondary N) is 2. The zero-order valence-corrected chi connectivity index (χ0v) is 15.3. The number of carbonyl (C=O) groups is 1. The molecule has 1 amide bonds. The fraction of sp³-hybridized carbons (Fsp3) is 0.316. The van der Waals surface area contributed by atoms with Crippen LogP contribution in [0.25, 0.3) is 0 Å². The van der Waals surface area contributed by atoms with Crippen LogP contribution in [-0.4, -0.2) is 26.6 Å². The lowest BCUT2D eigenvalue weighted by molar-refractivity contribution is -0.115. The van der Waals surface area contributed by atoms with Crippen LogP contribution in [0.4, 0.5) is 10.1 Å². The number of benzene rings is 2. The third-order valence-corrected chi connectivity index (χ3v) is 6.26. The van der Waals surface area contributed by atoms with Crippen molar-refractivity contribution < 1.29 is 17.6 Å². The van der Waals surface area contributed by atoms with Crippen LogP contribution in [0, 0.1) is 5.82 Å². The molecule has 1 heterocycles. The molecule has 2 aromatic rings. The maximum atomic E-state index is 14.6. The van der Waals surface area contributed by atoms with Gasteiger partial charge >= 0.3 is 0 Å². The van der Waals surface area contributed by atoms with Crippen molar-refractivity contribution in [3.05, 3.63) is 58.9 Å². The lowest BCUT2D eigenvalue weighted by Gasteiger charge is -2.19. The number of halogens is 1. The van der Waals surface area contributed by atoms with Crippen molar-refractivity contribution in [2.75, 3.05) is 17.6 Å². The molecule has 0 radical (unpaired) electrons. The largest absolute Gasteiger partial charge is 0.323 e. The molecule has 0 saturated heterocycles. The number of carbonyl (C=O) groups excluding carboxylic acids is 1. The summed E-state index contributed by atoms with van der Waals surface area (Å²) in [6.45, 7) is 2.93. The summed E-state index contributed by atoms with van der Waals surface area (Å²) >= 11 is 0. The number of rotatable bonds is 5. The fourth-order valence-corrected chi connectivity index (χ4v) is 3.88. The van der Waals surface area contributed by atoms with Crippen LogP contribution < -0.4 is 10.6 Å². The highest BCUT2D eigenvalue weighted by Gasteiger charge is 2.18. The lowest BCUT2D eigenvalue weighted by atomic mass is 9.99. The standard InChI is InChI=1S/C19H21FN2O3S/c1-2-26(24,25)15-6-3-13(4-7-15)11-18(23)22-17-8-5-14-12-21-10-9-16(14)19(17)20/h3-8,21H,2,9-12H2,1H3,(H,22,23). The molecule has 1 aliphatic heterocycles. The second-order valence-electron chi connectivity index (χ2n) is 6.26. The van der Waals surface area contributed by atoms with E-state index < -0.39 is 9.84 Å². The molecule has 0 fully saturated rings. The van der Waals surface area contributed by atoms with Gasteiger partial charge in [0.25, 0.3) is 0 Å². The zero-order chi connectivity index (χ0) is 18.7. The molecule has 0 spiro atoms. The van der Waals surface area contributed by atoms with Gasteiger partial charge in [-0.25, -0.2) is 12.8 Å². The first-order valence-corrected chi connectivity index (χ1v) is 10.2. The van der Waals surface area contributed by atoms with Crippen LogP contribution in [0.15, 0.2) is 41.3 Å². The molecule has 138 valence electrons. The highest BCUT2D eigenvalue weighted by molar-refractivity contribution is 7.91. The normalized spacial score (nSPS) is 13.9. The van der Waals surface area contributed by atoms with Crippen molar-refractivity contribution in [2.45, 2.75) is 31.2 Å². The summed E-state index contributed by atoms with van der Waals surface area (Å²) in [6.07, 6.45) is 0.642. The van der Waals surface area contributed by atoms with Crippen LogP contribution in [-0.2, 0) is 34.0 Å². The number of hydrogen-bond acceptors (Lipinski definition) is 4. The molecule has 3 rings (SSSR count). The number of amides is 1. The molecular weight excluding hydrogens is 355 g/mol. The van der Waals surface area contributed by atoms with Gasteiger partial charge in [0.2, 0.25) is 5.91 Å². The average molecular weight is 376 g/mol. The Kier molecular flexibility index (Phi) is 5.38. The molecule has 0 aromatic heterocycles. The van der Waals surface area contributed by atoms with E-state index in [1.807, 2.05) is 6.07 Å². The van der Waals surface area contributed by atoms with E-state index in [9.17, 15) is 17.6 Å². The maximum absolute atomic E-state index is 14.6. The third kappa shape index (κ3) is 3.94. The van der Waals surface area contributed by atoms with Crippen molar-refractivity contribution in [3.8, 4) is 0 Å². The quantitative estimate of drug-likeness (QED) is 0.841. The van der Waals surface area contributed by atoms with Gasteiger partial charge in [-0.3, -0.25) is 4.79 Å². The van der Waals surface area contributed by atoms with Gasteiger partial charge in [0.05, 0.1) is 22.8 Å². The minimum absolute atomic E-state index is 0.0277. The summed E-state index contributed by atoms with van der Waals surface area (Å²) in [5.74, 6) is -0.689. The number of anilines is 1. The number of hydrogen-bond donors (Lipinski definition) is 2. The second kappa shape index (κ2) is 7.55. The summed E-state index contributed by atoms with van der Waals surface area (Å²) in [4.78, 5) is 12.5. The number of sulfone groups is 1. The predicted octanol–water partition coefficient (Wildman–Crippen LogP) is 2.45. The Labute approximate surface area is 152 Å². The van der Waals surface area contributed by atoms with Gasteiger partial charge in [0.15, 0.2) is 9.84 Å². The summed E-state index contributed by atoms with van der Waals surface area (Å²) in [6, 6.07) is 9.61. The van der Waals surface area contributed by atoms with E-state index in [4.69, 9.17) is 0 Å². The van der Waals surface area contributed by atoms with Gasteiger partial charge in [-0.05, 0) is 47.9 Å². The summed E-state index contributed by atoms with van der Waals surface area (Å²) in [7, 11) is -3.26. The number of fused-ring (bicyclic) bond motifs is 1. The van der Waals surface area contributed by atoms with Crippen molar-refractivity contribution in [1.29, 1.82) is 0 Å². The predicted molar refractivity (Wildman–Crippen MR) is 98.3 cm³/mol. The molecule has 0 atom stereocenters. The van der Waals surface area contributed by atoms with Gasteiger partial charge in [-0.15, -0.1) is 0 Å². The highest BCUT2D eigenvalue weighted by Crippen LogP contribution is 2.24. The van der Waals surface area contributed by atoms with Crippen LogP contribution in [0.5, 0.6) is 0 Å². The third-order valence-electron chi connectivity index (χ3n) is 4.51. The lowest BCUT2D eigenvalue weighted by Crippen LogP contribution is -2.25. The van der Waals surface area contributed by atoms with Gasteiger partial charge in [-0.1, -0.05) is 25.1 Å². The van der Waals surface area contributed by atoms with E-state index in [-0.39, 0.29) is 34.5 Å². The van der Waals surface area contributed by atoms with Gasteiger partial charge in [-0.2, -0.15) is 0 Å². The minimum atomic E-state index is -3.26. The van der Waals surface area contributed by atoms with Gasteiger partial charge in [0.1, 0.15) is 5.82 Å². The van der Waals surface area contributed by atoms with Crippen LogP contribution in [0.1, 0.15) is 23.6 Å². The minimum Gasteiger partial charge on any atom is -0.323 e. The van der Waals surface area contributed by atoms with Gasteiger partial charge < -0.3 is 10.6 Å². The Balaban J connectivity index is 1.70. The van der Waals surface area contributed by atoms with E-state index in [2.05, 4.69) is 10.6 Å². The van der Waals surface area contributed by atoms with E-state index in [0.717, 1.165) is 5.56 Å². The van der Waals surface area contributed by atoms with Crippen molar-refractivity contribution in [1.82, 2.24) is 5.32 Å². The van der Waals surface area contributed by atoms with Crippen molar-refractivity contribution in [2.24, 2.45) is 0 Å². The van der Waals surface area contributed by atoms with E-state index in [1.165, 1.54) is 12.1 Å².